The molecule has 0 saturated carbocycles. The van der Waals surface area contributed by atoms with Crippen molar-refractivity contribution < 1.29 is 9.59 Å². The van der Waals surface area contributed by atoms with Crippen LogP contribution < -0.4 is 11.1 Å². The number of pyridine rings is 1. The topological polar surface area (TPSA) is 117 Å². The van der Waals surface area contributed by atoms with Crippen molar-refractivity contribution in [3.05, 3.63) is 47.8 Å². The minimum Gasteiger partial charge on any atom is -0.383 e. The number of likely N-dealkylation sites (tertiary alicyclic amines) is 1. The van der Waals surface area contributed by atoms with E-state index in [2.05, 4.69) is 27.4 Å². The van der Waals surface area contributed by atoms with Crippen LogP contribution in [0.25, 0.3) is 10.9 Å². The number of nitrogens with one attached hydrogen (secondary N) is 2. The fraction of sp³-hybridized carbons (Fsp3) is 0.333. The molecule has 8 nitrogen and oxygen atoms in total. The molecule has 0 spiro atoms. The van der Waals surface area contributed by atoms with Crippen LogP contribution >= 0.6 is 0 Å². The molecule has 3 aromatic rings. The van der Waals surface area contributed by atoms with Gasteiger partial charge in [0.25, 0.3) is 0 Å². The van der Waals surface area contributed by atoms with Gasteiger partial charge in [0.1, 0.15) is 5.82 Å². The van der Waals surface area contributed by atoms with E-state index in [4.69, 9.17) is 5.73 Å². The van der Waals surface area contributed by atoms with E-state index in [-0.39, 0.29) is 6.04 Å². The molecular weight excluding hydrogens is 368 g/mol. The number of carbonyl (C=O) groups excluding carboxylic acids is 2. The van der Waals surface area contributed by atoms with Gasteiger partial charge in [0.2, 0.25) is 0 Å². The van der Waals surface area contributed by atoms with E-state index in [1.807, 2.05) is 24.4 Å². The van der Waals surface area contributed by atoms with E-state index in [0.29, 0.717) is 24.0 Å². The predicted octanol–water partition coefficient (Wildman–Crippen LogP) is 2.79. The average molecular weight is 392 g/mol. The summed E-state index contributed by atoms with van der Waals surface area (Å²) in [6.07, 6.45) is 5.09. The van der Waals surface area contributed by atoms with Crippen LogP contribution in [0.4, 0.5) is 11.5 Å². The number of amides is 2. The second-order valence-corrected chi connectivity index (χ2v) is 7.70. The smallest absolute Gasteiger partial charge is 0.313 e. The minimum atomic E-state index is -0.672. The van der Waals surface area contributed by atoms with Crippen molar-refractivity contribution in [2.24, 2.45) is 5.92 Å². The van der Waals surface area contributed by atoms with E-state index in [0.717, 1.165) is 34.9 Å². The number of rotatable bonds is 2. The Kier molecular flexibility index (Phi) is 4.92. The molecule has 8 heteroatoms. The van der Waals surface area contributed by atoms with Crippen molar-refractivity contribution in [3.63, 3.8) is 0 Å². The second kappa shape index (κ2) is 7.54. The third kappa shape index (κ3) is 3.65. The average Bonchev–Trinajstić information content (AvgIpc) is 3.19. The van der Waals surface area contributed by atoms with Crippen LogP contribution in [0.1, 0.15) is 36.9 Å². The minimum absolute atomic E-state index is 0.169. The Hall–Kier alpha value is -3.42. The van der Waals surface area contributed by atoms with Gasteiger partial charge in [-0.3, -0.25) is 14.7 Å². The Morgan fingerprint density at radius 3 is 2.93 bits per heavy atom. The van der Waals surface area contributed by atoms with E-state index < -0.39 is 11.8 Å². The Balaban J connectivity index is 1.61. The number of benzene rings is 1. The zero-order chi connectivity index (χ0) is 20.5. The summed E-state index contributed by atoms with van der Waals surface area (Å²) in [5.41, 5.74) is 8.78. The quantitative estimate of drug-likeness (QED) is 0.580. The maximum atomic E-state index is 13.1. The van der Waals surface area contributed by atoms with Crippen molar-refractivity contribution in [2.45, 2.75) is 32.7 Å². The first-order valence-electron chi connectivity index (χ1n) is 9.70. The van der Waals surface area contributed by atoms with Crippen LogP contribution in [0.3, 0.4) is 0 Å². The summed E-state index contributed by atoms with van der Waals surface area (Å²) in [5.74, 6) is -0.495. The van der Waals surface area contributed by atoms with Gasteiger partial charge in [0, 0.05) is 18.1 Å². The Morgan fingerprint density at radius 1 is 1.31 bits per heavy atom. The van der Waals surface area contributed by atoms with Crippen molar-refractivity contribution in [1.82, 2.24) is 20.1 Å². The molecule has 3 heterocycles. The van der Waals surface area contributed by atoms with Crippen LogP contribution in [0.15, 0.2) is 36.7 Å². The maximum Gasteiger partial charge on any atom is 0.313 e. The molecule has 0 radical (unpaired) electrons. The Morgan fingerprint density at radius 2 is 2.14 bits per heavy atom. The van der Waals surface area contributed by atoms with E-state index in [9.17, 15) is 9.59 Å². The third-order valence-electron chi connectivity index (χ3n) is 5.52. The van der Waals surface area contributed by atoms with E-state index in [1.54, 1.807) is 17.9 Å². The standard InChI is InChI=1S/C21H24N6O2/c1-12-6-7-18(15-4-3-5-17-16(15)10-24-26-17)27(11-12)21(29)20(28)25-14-8-13(2)19(22)23-9-14/h3-5,8-10,12,18H,6-7,11H2,1-2H3,(H2,22,23)(H,24,26)(H,25,28)/t12-,18+/m1/s1. The number of aryl methyl sites for hydroxylation is 1. The molecule has 1 saturated heterocycles. The first-order valence-corrected chi connectivity index (χ1v) is 9.70. The van der Waals surface area contributed by atoms with Crippen molar-refractivity contribution in [2.75, 3.05) is 17.6 Å². The SMILES string of the molecule is Cc1cc(NC(=O)C(=O)N2C[C@H](C)CC[C@H]2c2cccc3n[nH]cc23)cnc1N. The summed E-state index contributed by atoms with van der Waals surface area (Å²) < 4.78 is 0. The molecule has 150 valence electrons. The van der Waals surface area contributed by atoms with Gasteiger partial charge in [-0.25, -0.2) is 4.98 Å². The molecular formula is C21H24N6O2. The van der Waals surface area contributed by atoms with Gasteiger partial charge in [-0.2, -0.15) is 5.10 Å². The molecule has 4 rings (SSSR count). The van der Waals surface area contributed by atoms with Crippen molar-refractivity contribution >= 4 is 34.2 Å². The number of nitrogen functional groups attached to an aromatic ring is 1. The highest BCUT2D eigenvalue weighted by molar-refractivity contribution is 6.39. The number of aromatic amines is 1. The maximum absolute atomic E-state index is 13.1. The predicted molar refractivity (Wildman–Crippen MR) is 111 cm³/mol. The number of nitrogens with zero attached hydrogens (tertiary/aromatic N) is 3. The molecule has 1 aliphatic heterocycles. The molecule has 1 aliphatic rings. The summed E-state index contributed by atoms with van der Waals surface area (Å²) in [4.78, 5) is 31.5. The van der Waals surface area contributed by atoms with Gasteiger partial charge in [0.05, 0.1) is 23.4 Å². The van der Waals surface area contributed by atoms with Crippen LogP contribution in [0.2, 0.25) is 0 Å². The van der Waals surface area contributed by atoms with Gasteiger partial charge in [0.15, 0.2) is 0 Å². The highest BCUT2D eigenvalue weighted by Gasteiger charge is 2.35. The number of piperidine rings is 1. The zero-order valence-corrected chi connectivity index (χ0v) is 16.5. The zero-order valence-electron chi connectivity index (χ0n) is 16.5. The number of aromatic nitrogens is 3. The molecule has 2 atom stereocenters. The van der Waals surface area contributed by atoms with Crippen LogP contribution in [0.5, 0.6) is 0 Å². The van der Waals surface area contributed by atoms with Gasteiger partial charge < -0.3 is 16.0 Å². The number of H-pyrrole nitrogens is 1. The first kappa shape index (κ1) is 18.9. The number of fused-ring (bicyclic) bond motifs is 1. The summed E-state index contributed by atoms with van der Waals surface area (Å²) in [6.45, 7) is 4.43. The van der Waals surface area contributed by atoms with Gasteiger partial charge in [-0.05, 0) is 48.9 Å². The summed E-state index contributed by atoms with van der Waals surface area (Å²) in [5, 5.41) is 10.8. The molecule has 2 aromatic heterocycles. The summed E-state index contributed by atoms with van der Waals surface area (Å²) >= 11 is 0. The van der Waals surface area contributed by atoms with Crippen molar-refractivity contribution in [3.8, 4) is 0 Å². The van der Waals surface area contributed by atoms with Crippen molar-refractivity contribution in [1.29, 1.82) is 0 Å². The molecule has 0 bridgehead atoms. The van der Waals surface area contributed by atoms with Gasteiger partial charge in [-0.1, -0.05) is 19.1 Å². The highest BCUT2D eigenvalue weighted by Crippen LogP contribution is 2.36. The van der Waals surface area contributed by atoms with E-state index >= 15 is 0 Å². The fourth-order valence-electron chi connectivity index (χ4n) is 3.95. The number of hydrogen-bond acceptors (Lipinski definition) is 5. The normalized spacial score (nSPS) is 19.3. The molecule has 29 heavy (non-hydrogen) atoms. The lowest BCUT2D eigenvalue weighted by Gasteiger charge is -2.38. The molecule has 2 amide bonds. The number of carbonyl (C=O) groups is 2. The van der Waals surface area contributed by atoms with Gasteiger partial charge in [-0.15, -0.1) is 0 Å². The highest BCUT2D eigenvalue weighted by atomic mass is 16.2. The number of nitrogens with two attached hydrogens (primary N) is 1. The second-order valence-electron chi connectivity index (χ2n) is 7.70. The first-order chi connectivity index (χ1) is 13.9. The Bertz CT molecular complexity index is 1080. The lowest BCUT2D eigenvalue weighted by molar-refractivity contribution is -0.146. The lowest BCUT2D eigenvalue weighted by atomic mass is 9.88. The molecule has 1 aromatic carbocycles. The van der Waals surface area contributed by atoms with Crippen LogP contribution in [-0.2, 0) is 9.59 Å². The van der Waals surface area contributed by atoms with Crippen LogP contribution in [-0.4, -0.2) is 38.4 Å². The molecule has 1 fully saturated rings. The Labute approximate surface area is 168 Å². The molecule has 4 N–H and O–H groups in total. The lowest BCUT2D eigenvalue weighted by Crippen LogP contribution is -2.46. The summed E-state index contributed by atoms with van der Waals surface area (Å²) in [6, 6.07) is 7.40. The molecule has 0 unspecified atom stereocenters. The monoisotopic (exact) mass is 392 g/mol. The largest absolute Gasteiger partial charge is 0.383 e. The third-order valence-corrected chi connectivity index (χ3v) is 5.52. The fourth-order valence-corrected chi connectivity index (χ4v) is 3.95. The number of anilines is 2. The van der Waals surface area contributed by atoms with Gasteiger partial charge >= 0.3 is 11.8 Å². The number of hydrogen-bond donors (Lipinski definition) is 3. The molecule has 0 aliphatic carbocycles. The van der Waals surface area contributed by atoms with Crippen LogP contribution in [0, 0.1) is 12.8 Å². The van der Waals surface area contributed by atoms with E-state index in [1.165, 1.54) is 6.20 Å². The summed E-state index contributed by atoms with van der Waals surface area (Å²) in [7, 11) is 0.